The molecule has 25 heavy (non-hydrogen) atoms. The van der Waals surface area contributed by atoms with Crippen molar-refractivity contribution in [1.82, 2.24) is 0 Å². The van der Waals surface area contributed by atoms with E-state index < -0.39 is 12.2 Å². The molecule has 3 nitrogen and oxygen atoms in total. The largest absolute Gasteiger partial charge is 0.387 e. The van der Waals surface area contributed by atoms with Crippen LogP contribution in [0.25, 0.3) is 32.3 Å². The summed E-state index contributed by atoms with van der Waals surface area (Å²) in [7, 11) is 0. The maximum atomic E-state index is 10.8. The van der Waals surface area contributed by atoms with Gasteiger partial charge in [0.1, 0.15) is 24.4 Å². The van der Waals surface area contributed by atoms with Crippen molar-refractivity contribution in [2.45, 2.75) is 24.4 Å². The molecule has 1 aliphatic heterocycles. The Bertz CT molecular complexity index is 1180. The van der Waals surface area contributed by atoms with Crippen molar-refractivity contribution in [3.8, 4) is 0 Å². The fraction of sp³-hybridized carbons (Fsp3) is 0.182. The fourth-order valence-electron chi connectivity index (χ4n) is 4.60. The Balaban J connectivity index is 1.92. The van der Waals surface area contributed by atoms with Gasteiger partial charge in [0.05, 0.1) is 0 Å². The summed E-state index contributed by atoms with van der Waals surface area (Å²) in [6.45, 7) is 0. The van der Waals surface area contributed by atoms with E-state index in [0.29, 0.717) is 0 Å². The standard InChI is InChI=1S/C22H16O3/c23-19-17-14-8-4-3-7-13(14)15-10-9-11-5-1-2-6-12(11)16(15)18(17)21-22(25-21)20(19)24/h1-10,19-24H/t19-,20+,21-,22+/m0/s1. The Morgan fingerprint density at radius 2 is 1.40 bits per heavy atom. The zero-order valence-corrected chi connectivity index (χ0v) is 13.4. The molecule has 0 unspecified atom stereocenters. The number of aliphatic hydroxyl groups excluding tert-OH is 2. The lowest BCUT2D eigenvalue weighted by Crippen LogP contribution is -2.29. The zero-order chi connectivity index (χ0) is 16.7. The lowest BCUT2D eigenvalue weighted by atomic mass is 9.79. The van der Waals surface area contributed by atoms with Gasteiger partial charge >= 0.3 is 0 Å². The minimum Gasteiger partial charge on any atom is -0.387 e. The number of benzene rings is 4. The van der Waals surface area contributed by atoms with Gasteiger partial charge < -0.3 is 14.9 Å². The average Bonchev–Trinajstić information content (AvgIpc) is 3.46. The normalized spacial score (nSPS) is 27.4. The van der Waals surface area contributed by atoms with Crippen LogP contribution in [0, 0.1) is 0 Å². The number of aliphatic hydroxyl groups is 2. The van der Waals surface area contributed by atoms with Crippen LogP contribution in [0.5, 0.6) is 0 Å². The summed E-state index contributed by atoms with van der Waals surface area (Å²) in [5.41, 5.74) is 1.87. The van der Waals surface area contributed by atoms with Crippen LogP contribution in [-0.2, 0) is 4.74 Å². The van der Waals surface area contributed by atoms with E-state index in [1.54, 1.807) is 0 Å². The van der Waals surface area contributed by atoms with Crippen LogP contribution in [0.2, 0.25) is 0 Å². The third kappa shape index (κ3) is 1.65. The highest BCUT2D eigenvalue weighted by Gasteiger charge is 2.55. The molecule has 4 aromatic carbocycles. The molecular weight excluding hydrogens is 312 g/mol. The summed E-state index contributed by atoms with van der Waals surface area (Å²) in [5, 5.41) is 28.0. The second-order valence-electron chi connectivity index (χ2n) is 7.04. The van der Waals surface area contributed by atoms with Crippen LogP contribution in [0.1, 0.15) is 23.3 Å². The molecule has 2 aliphatic rings. The molecule has 0 saturated carbocycles. The first-order valence-corrected chi connectivity index (χ1v) is 8.63. The molecule has 3 heteroatoms. The van der Waals surface area contributed by atoms with Gasteiger partial charge in [0, 0.05) is 0 Å². The minimum absolute atomic E-state index is 0.133. The molecule has 4 aromatic rings. The van der Waals surface area contributed by atoms with Gasteiger partial charge in [-0.3, -0.25) is 0 Å². The van der Waals surface area contributed by atoms with E-state index in [0.717, 1.165) is 27.3 Å². The summed E-state index contributed by atoms with van der Waals surface area (Å²) in [6.07, 6.45) is -2.22. The smallest absolute Gasteiger partial charge is 0.118 e. The van der Waals surface area contributed by atoms with E-state index >= 15 is 0 Å². The number of hydrogen-bond acceptors (Lipinski definition) is 3. The molecule has 0 aromatic heterocycles. The molecule has 0 spiro atoms. The summed E-state index contributed by atoms with van der Waals surface area (Å²) < 4.78 is 5.78. The number of rotatable bonds is 0. The molecular formula is C22H16O3. The van der Waals surface area contributed by atoms with Crippen molar-refractivity contribution < 1.29 is 14.9 Å². The number of epoxide rings is 1. The molecule has 0 amide bonds. The van der Waals surface area contributed by atoms with Crippen molar-refractivity contribution in [3.63, 3.8) is 0 Å². The molecule has 1 aliphatic carbocycles. The van der Waals surface area contributed by atoms with Crippen molar-refractivity contribution in [1.29, 1.82) is 0 Å². The van der Waals surface area contributed by atoms with Crippen LogP contribution in [0.15, 0.2) is 60.7 Å². The van der Waals surface area contributed by atoms with E-state index in [9.17, 15) is 10.2 Å². The van der Waals surface area contributed by atoms with E-state index in [-0.39, 0.29) is 12.2 Å². The van der Waals surface area contributed by atoms with Crippen molar-refractivity contribution in [2.24, 2.45) is 0 Å². The molecule has 6 rings (SSSR count). The van der Waals surface area contributed by atoms with Crippen LogP contribution in [-0.4, -0.2) is 22.4 Å². The first kappa shape index (κ1) is 13.8. The van der Waals surface area contributed by atoms with E-state index in [1.165, 1.54) is 16.2 Å². The van der Waals surface area contributed by atoms with Crippen molar-refractivity contribution in [2.75, 3.05) is 0 Å². The second kappa shape index (κ2) is 4.58. The lowest BCUT2D eigenvalue weighted by molar-refractivity contribution is 0.000931. The van der Waals surface area contributed by atoms with Gasteiger partial charge in [-0.15, -0.1) is 0 Å². The quantitative estimate of drug-likeness (QED) is 0.379. The average molecular weight is 328 g/mol. The first-order chi connectivity index (χ1) is 12.3. The molecule has 1 saturated heterocycles. The van der Waals surface area contributed by atoms with Gasteiger partial charge in [-0.05, 0) is 43.4 Å². The Morgan fingerprint density at radius 1 is 0.680 bits per heavy atom. The molecule has 0 bridgehead atoms. The topological polar surface area (TPSA) is 53.0 Å². The molecule has 4 atom stereocenters. The first-order valence-electron chi connectivity index (χ1n) is 8.63. The Kier molecular flexibility index (Phi) is 2.53. The van der Waals surface area contributed by atoms with Gasteiger partial charge in [-0.2, -0.15) is 0 Å². The predicted molar refractivity (Wildman–Crippen MR) is 97.5 cm³/mol. The van der Waals surface area contributed by atoms with Gasteiger partial charge in [0.15, 0.2) is 0 Å². The SMILES string of the molecule is O[C@H]1[C@H]2O[C@H]2c2c(c3ccccc3c3ccc4ccccc4c23)[C@@H]1O. The Morgan fingerprint density at radius 3 is 2.24 bits per heavy atom. The molecule has 1 fully saturated rings. The van der Waals surface area contributed by atoms with Gasteiger partial charge in [-0.1, -0.05) is 60.7 Å². The minimum atomic E-state index is -0.924. The molecule has 1 heterocycles. The van der Waals surface area contributed by atoms with E-state index in [1.807, 2.05) is 30.3 Å². The molecule has 2 N–H and O–H groups in total. The Hall–Kier alpha value is -2.46. The third-order valence-corrected chi connectivity index (χ3v) is 5.76. The number of ether oxygens (including phenoxy) is 1. The van der Waals surface area contributed by atoms with Gasteiger partial charge in [0.2, 0.25) is 0 Å². The monoisotopic (exact) mass is 328 g/mol. The Labute approximate surface area is 144 Å². The number of hydrogen-bond donors (Lipinski definition) is 2. The summed E-state index contributed by atoms with van der Waals surface area (Å²) in [5.74, 6) is 0. The highest BCUT2D eigenvalue weighted by Crippen LogP contribution is 2.55. The van der Waals surface area contributed by atoms with E-state index in [4.69, 9.17) is 4.74 Å². The summed E-state index contributed by atoms with van der Waals surface area (Å²) in [4.78, 5) is 0. The second-order valence-corrected chi connectivity index (χ2v) is 7.04. The maximum Gasteiger partial charge on any atom is 0.118 e. The molecule has 0 radical (unpaired) electrons. The predicted octanol–water partition coefficient (Wildman–Crippen LogP) is 3.99. The summed E-state index contributed by atoms with van der Waals surface area (Å²) in [6, 6.07) is 20.7. The zero-order valence-electron chi connectivity index (χ0n) is 13.4. The van der Waals surface area contributed by atoms with Gasteiger partial charge in [0.25, 0.3) is 0 Å². The fourth-order valence-corrected chi connectivity index (χ4v) is 4.60. The lowest BCUT2D eigenvalue weighted by Gasteiger charge is -2.27. The van der Waals surface area contributed by atoms with E-state index in [2.05, 4.69) is 30.3 Å². The van der Waals surface area contributed by atoms with Crippen molar-refractivity contribution in [3.05, 3.63) is 71.8 Å². The van der Waals surface area contributed by atoms with Crippen LogP contribution in [0.3, 0.4) is 0 Å². The van der Waals surface area contributed by atoms with Crippen molar-refractivity contribution >= 4 is 32.3 Å². The summed E-state index contributed by atoms with van der Waals surface area (Å²) >= 11 is 0. The highest BCUT2D eigenvalue weighted by molar-refractivity contribution is 6.20. The molecule has 122 valence electrons. The van der Waals surface area contributed by atoms with Gasteiger partial charge in [-0.25, -0.2) is 0 Å². The maximum absolute atomic E-state index is 10.8. The van der Waals surface area contributed by atoms with Crippen LogP contribution in [0.4, 0.5) is 0 Å². The van der Waals surface area contributed by atoms with Crippen LogP contribution >= 0.6 is 0 Å². The highest BCUT2D eigenvalue weighted by atomic mass is 16.6. The number of fused-ring (bicyclic) bond motifs is 10. The third-order valence-electron chi connectivity index (χ3n) is 5.76. The van der Waals surface area contributed by atoms with Crippen LogP contribution < -0.4 is 0 Å².